The molecule has 1 aromatic heterocycles. The molecule has 1 rings (SSSR count). The number of imidazole rings is 1. The monoisotopic (exact) mass is 269 g/mol. The van der Waals surface area contributed by atoms with E-state index in [1.165, 1.54) is 0 Å². The molecule has 2 N–H and O–H groups in total. The summed E-state index contributed by atoms with van der Waals surface area (Å²) in [6, 6.07) is 0. The van der Waals surface area contributed by atoms with E-state index in [2.05, 4.69) is 4.98 Å². The summed E-state index contributed by atoms with van der Waals surface area (Å²) in [4.78, 5) is 16.1. The Morgan fingerprint density at radius 1 is 1.42 bits per heavy atom. The van der Waals surface area contributed by atoms with Crippen LogP contribution in [0.25, 0.3) is 0 Å². The first-order valence-electron chi connectivity index (χ1n) is 6.42. The summed E-state index contributed by atoms with van der Waals surface area (Å²) in [6.45, 7) is 8.47. The molecule has 19 heavy (non-hydrogen) atoms. The van der Waals surface area contributed by atoms with Crippen LogP contribution in [0.4, 0.5) is 5.82 Å². The zero-order valence-electron chi connectivity index (χ0n) is 12.3. The summed E-state index contributed by atoms with van der Waals surface area (Å²) in [6.07, 6.45) is 0.677. The number of nitrogens with zero attached hydrogens (tertiary/aromatic N) is 2. The molecule has 0 bridgehead atoms. The third kappa shape index (κ3) is 3.07. The molecule has 0 aromatic carbocycles. The molecule has 0 fully saturated rings. The van der Waals surface area contributed by atoms with Crippen molar-refractivity contribution in [3.05, 3.63) is 11.5 Å². The molecule has 0 unspecified atom stereocenters. The fourth-order valence-corrected chi connectivity index (χ4v) is 2.16. The van der Waals surface area contributed by atoms with E-state index < -0.39 is 5.97 Å². The molecule has 0 aliphatic carbocycles. The number of nitrogen functional groups attached to an aromatic ring is 1. The van der Waals surface area contributed by atoms with E-state index in [9.17, 15) is 4.79 Å². The Hall–Kier alpha value is -1.56. The van der Waals surface area contributed by atoms with Gasteiger partial charge in [-0.05, 0) is 20.8 Å². The topological polar surface area (TPSA) is 79.4 Å². The maximum absolute atomic E-state index is 11.8. The van der Waals surface area contributed by atoms with Gasteiger partial charge in [-0.25, -0.2) is 9.78 Å². The van der Waals surface area contributed by atoms with Gasteiger partial charge in [0, 0.05) is 13.5 Å². The van der Waals surface area contributed by atoms with E-state index in [0.717, 1.165) is 5.82 Å². The first kappa shape index (κ1) is 15.5. The lowest BCUT2D eigenvalue weighted by atomic mass is 10.1. The van der Waals surface area contributed by atoms with Crippen LogP contribution in [0, 0.1) is 0 Å². The smallest absolute Gasteiger partial charge is 0.360 e. The fourth-order valence-electron chi connectivity index (χ4n) is 2.16. The predicted molar refractivity (Wildman–Crippen MR) is 73.2 cm³/mol. The minimum Gasteiger partial charge on any atom is -0.461 e. The predicted octanol–water partition coefficient (Wildman–Crippen LogP) is 1.59. The van der Waals surface area contributed by atoms with Crippen molar-refractivity contribution >= 4 is 11.8 Å². The highest BCUT2D eigenvalue weighted by molar-refractivity contribution is 5.92. The van der Waals surface area contributed by atoms with E-state index in [1.807, 2.05) is 25.3 Å². The number of ether oxygens (including phenoxy) is 2. The molecule has 1 aromatic rings. The normalized spacial score (nSPS) is 11.6. The molecule has 0 saturated carbocycles. The molecular weight excluding hydrogens is 246 g/mol. The molecule has 6 nitrogen and oxygen atoms in total. The van der Waals surface area contributed by atoms with Gasteiger partial charge in [0.1, 0.15) is 11.6 Å². The zero-order valence-corrected chi connectivity index (χ0v) is 12.3. The highest BCUT2D eigenvalue weighted by atomic mass is 16.5. The van der Waals surface area contributed by atoms with Gasteiger partial charge >= 0.3 is 5.97 Å². The first-order valence-corrected chi connectivity index (χ1v) is 6.42. The Bertz CT molecular complexity index is 452. The quantitative estimate of drug-likeness (QED) is 0.793. The van der Waals surface area contributed by atoms with Crippen LogP contribution in [-0.4, -0.2) is 35.8 Å². The van der Waals surface area contributed by atoms with Crippen LogP contribution in [0.2, 0.25) is 0 Å². The summed E-state index contributed by atoms with van der Waals surface area (Å²) in [5.41, 5.74) is 5.88. The van der Waals surface area contributed by atoms with Crippen molar-refractivity contribution in [3.63, 3.8) is 0 Å². The first-order chi connectivity index (χ1) is 8.88. The Labute approximate surface area is 113 Å². The van der Waals surface area contributed by atoms with E-state index in [-0.39, 0.29) is 11.2 Å². The standard InChI is InChI=1S/C13H23N3O3/c1-6-9-15-10(12(17)19-7-2)11(14)16(9)13(3,4)8-18-5/h6-8,14H2,1-5H3. The SMILES string of the molecule is CCOC(=O)c1nc(CC)n(C(C)(C)COC)c1N. The summed E-state index contributed by atoms with van der Waals surface area (Å²) in [7, 11) is 1.63. The Morgan fingerprint density at radius 3 is 2.53 bits per heavy atom. The van der Waals surface area contributed by atoms with Crippen LogP contribution in [0.1, 0.15) is 44.0 Å². The van der Waals surface area contributed by atoms with Crippen LogP contribution in [0.3, 0.4) is 0 Å². The molecule has 0 aliphatic heterocycles. The zero-order chi connectivity index (χ0) is 14.6. The summed E-state index contributed by atoms with van der Waals surface area (Å²) < 4.78 is 12.0. The molecule has 0 radical (unpaired) electrons. The molecule has 0 saturated heterocycles. The molecule has 0 spiro atoms. The number of hydrogen-bond donors (Lipinski definition) is 1. The van der Waals surface area contributed by atoms with Crippen molar-refractivity contribution < 1.29 is 14.3 Å². The van der Waals surface area contributed by atoms with E-state index in [0.29, 0.717) is 25.5 Å². The Morgan fingerprint density at radius 2 is 2.05 bits per heavy atom. The highest BCUT2D eigenvalue weighted by Gasteiger charge is 2.30. The second-order valence-electron chi connectivity index (χ2n) is 4.92. The van der Waals surface area contributed by atoms with Crippen LogP contribution < -0.4 is 5.73 Å². The van der Waals surface area contributed by atoms with Crippen LogP contribution in [0.5, 0.6) is 0 Å². The summed E-state index contributed by atoms with van der Waals surface area (Å²) in [5.74, 6) is 0.599. The number of nitrogens with two attached hydrogens (primary N) is 1. The number of hydrogen-bond acceptors (Lipinski definition) is 5. The van der Waals surface area contributed by atoms with E-state index in [4.69, 9.17) is 15.2 Å². The van der Waals surface area contributed by atoms with Crippen molar-refractivity contribution in [1.82, 2.24) is 9.55 Å². The van der Waals surface area contributed by atoms with Crippen molar-refractivity contribution in [1.29, 1.82) is 0 Å². The lowest BCUT2D eigenvalue weighted by molar-refractivity contribution is 0.0521. The van der Waals surface area contributed by atoms with Gasteiger partial charge in [-0.1, -0.05) is 6.92 Å². The van der Waals surface area contributed by atoms with Gasteiger partial charge in [0.15, 0.2) is 5.69 Å². The number of aryl methyl sites for hydroxylation is 1. The van der Waals surface area contributed by atoms with Crippen molar-refractivity contribution in [3.8, 4) is 0 Å². The van der Waals surface area contributed by atoms with Gasteiger partial charge in [-0.2, -0.15) is 0 Å². The summed E-state index contributed by atoms with van der Waals surface area (Å²) >= 11 is 0. The number of carbonyl (C=O) groups is 1. The lowest BCUT2D eigenvalue weighted by Crippen LogP contribution is -2.34. The van der Waals surface area contributed by atoms with Gasteiger partial charge in [-0.3, -0.25) is 0 Å². The van der Waals surface area contributed by atoms with E-state index in [1.54, 1.807) is 14.0 Å². The van der Waals surface area contributed by atoms with E-state index >= 15 is 0 Å². The number of esters is 1. The average molecular weight is 269 g/mol. The van der Waals surface area contributed by atoms with Gasteiger partial charge in [0.05, 0.1) is 18.8 Å². The Kier molecular flexibility index (Phi) is 4.94. The summed E-state index contributed by atoms with van der Waals surface area (Å²) in [5, 5.41) is 0. The van der Waals surface area contributed by atoms with Crippen LogP contribution in [0.15, 0.2) is 0 Å². The number of rotatable bonds is 6. The van der Waals surface area contributed by atoms with Crippen molar-refractivity contribution in [2.24, 2.45) is 0 Å². The van der Waals surface area contributed by atoms with Crippen molar-refractivity contribution in [2.45, 2.75) is 39.7 Å². The van der Waals surface area contributed by atoms with Gasteiger partial charge in [0.25, 0.3) is 0 Å². The molecule has 6 heteroatoms. The third-order valence-electron chi connectivity index (χ3n) is 2.87. The average Bonchev–Trinajstić information content (AvgIpc) is 2.67. The van der Waals surface area contributed by atoms with Gasteiger partial charge in [0.2, 0.25) is 0 Å². The van der Waals surface area contributed by atoms with Gasteiger partial charge in [-0.15, -0.1) is 0 Å². The largest absolute Gasteiger partial charge is 0.461 e. The maximum atomic E-state index is 11.8. The van der Waals surface area contributed by atoms with Crippen LogP contribution in [-0.2, 0) is 21.4 Å². The fraction of sp³-hybridized carbons (Fsp3) is 0.692. The third-order valence-corrected chi connectivity index (χ3v) is 2.87. The molecule has 108 valence electrons. The highest BCUT2D eigenvalue weighted by Crippen LogP contribution is 2.26. The number of methoxy groups -OCH3 is 1. The van der Waals surface area contributed by atoms with Crippen LogP contribution >= 0.6 is 0 Å². The molecular formula is C13H23N3O3. The lowest BCUT2D eigenvalue weighted by Gasteiger charge is -2.28. The second-order valence-corrected chi connectivity index (χ2v) is 4.92. The minimum atomic E-state index is -0.485. The van der Waals surface area contributed by atoms with Gasteiger partial charge < -0.3 is 19.8 Å². The number of anilines is 1. The molecule has 0 aliphatic rings. The number of carbonyl (C=O) groups excluding carboxylic acids is 1. The minimum absolute atomic E-state index is 0.183. The maximum Gasteiger partial charge on any atom is 0.360 e. The Balaban J connectivity index is 3.28. The molecule has 1 heterocycles. The number of aromatic nitrogens is 2. The second kappa shape index (κ2) is 6.06. The molecule has 0 amide bonds. The van der Waals surface area contributed by atoms with Crippen molar-refractivity contribution in [2.75, 3.05) is 26.1 Å². The molecule has 0 atom stereocenters.